The molecule has 0 spiro atoms. The number of nitrogens with one attached hydrogen (secondary N) is 3. The number of sulfone groups is 1. The smallest absolute Gasteiger partial charge is 0.397 e. The van der Waals surface area contributed by atoms with Crippen LogP contribution < -0.4 is 16.0 Å². The van der Waals surface area contributed by atoms with Crippen molar-refractivity contribution >= 4 is 116 Å². The normalized spacial score (nSPS) is 11.4. The average molecular weight is 1200 g/mol. The second-order valence-electron chi connectivity index (χ2n) is 17.2. The quantitative estimate of drug-likeness (QED) is 0.0115. The summed E-state index contributed by atoms with van der Waals surface area (Å²) >= 11 is 0.578. The van der Waals surface area contributed by atoms with Crippen LogP contribution in [-0.2, 0) is 43.9 Å². The predicted octanol–water partition coefficient (Wildman–Crippen LogP) is 14.2. The Morgan fingerprint density at radius 3 is 1.79 bits per heavy atom. The molecule has 0 aliphatic carbocycles. The fraction of sp³-hybridized carbons (Fsp3) is 0.340. The number of nitrogens with zero attached hydrogens (tertiary/aromatic N) is 7. The number of fused-ring (bicyclic) bond motifs is 2. The van der Waals surface area contributed by atoms with E-state index in [1.165, 1.54) is 43.9 Å². The molecule has 8 N–H and O–H groups in total. The van der Waals surface area contributed by atoms with Gasteiger partial charge in [-0.05, 0) is 102 Å². The van der Waals surface area contributed by atoms with Crippen LogP contribution in [0.2, 0.25) is 0 Å². The van der Waals surface area contributed by atoms with E-state index < -0.39 is 54.2 Å². The van der Waals surface area contributed by atoms with E-state index in [9.17, 15) is 40.0 Å². The minimum absolute atomic E-state index is 0.0278. The highest BCUT2D eigenvalue weighted by Crippen LogP contribution is 2.46. The zero-order valence-electron chi connectivity index (χ0n) is 46.6. The van der Waals surface area contributed by atoms with E-state index in [0.717, 1.165) is 29.0 Å². The van der Waals surface area contributed by atoms with Gasteiger partial charge in [-0.2, -0.15) is 42.0 Å². The van der Waals surface area contributed by atoms with Crippen LogP contribution in [0.25, 0.3) is 21.5 Å². The topological polar surface area (TPSA) is 355 Å². The molecule has 0 aliphatic rings. The maximum Gasteiger partial charge on any atom is 0.397 e. The molecule has 7 aromatic rings. The summed E-state index contributed by atoms with van der Waals surface area (Å²) in [5.41, 5.74) is 1.41. The SMILES string of the molecule is CCC.CCC.CCC.CCC.Cc1nc(Nc2cc(NCCO)c(S(=O)(=O)O)cc2N=Nc2ccc(S(=O)(=O)CCOS(=O)(=O)O)cc2)nc(Nc2ccc3c(O)c(N=Nc4ccc5ccccc5c4)c(SOOO)cc3c2C)n1. The minimum atomic E-state index is -4.91. The van der Waals surface area contributed by atoms with Gasteiger partial charge in [0.05, 0.1) is 63.5 Å². The number of phenolic OH excluding ortho intramolecular Hbond substituents is 1. The molecule has 28 heteroatoms. The maximum atomic E-state index is 12.7. The van der Waals surface area contributed by atoms with Crippen molar-refractivity contribution in [1.29, 1.82) is 0 Å². The molecule has 0 atom stereocenters. The summed E-state index contributed by atoms with van der Waals surface area (Å²) in [7, 11) is -13.8. The number of azo groups is 2. The zero-order valence-corrected chi connectivity index (χ0v) is 49.8. The summed E-state index contributed by atoms with van der Waals surface area (Å²) in [4.78, 5) is 12.6. The molecule has 7 rings (SSSR count). The van der Waals surface area contributed by atoms with Crippen molar-refractivity contribution in [2.24, 2.45) is 20.5 Å². The minimum Gasteiger partial charge on any atom is -0.505 e. The molecule has 6 aromatic carbocycles. The average Bonchev–Trinajstić information content (AvgIpc) is 3.42. The van der Waals surface area contributed by atoms with Crippen LogP contribution in [0.4, 0.5) is 51.7 Å². The van der Waals surface area contributed by atoms with Gasteiger partial charge in [0.2, 0.25) is 11.9 Å². The summed E-state index contributed by atoms with van der Waals surface area (Å²) in [5, 5.41) is 62.4. The number of hydrogen-bond donors (Lipinski definition) is 8. The number of anilines is 5. The van der Waals surface area contributed by atoms with Crippen molar-refractivity contribution in [3.8, 4) is 5.75 Å². The van der Waals surface area contributed by atoms with Crippen LogP contribution in [0.1, 0.15) is 92.5 Å². The number of aryl methyl sites for hydroxylation is 2. The predicted molar refractivity (Wildman–Crippen MR) is 316 cm³/mol. The lowest BCUT2D eigenvalue weighted by atomic mass is 10.0. The highest BCUT2D eigenvalue weighted by Gasteiger charge is 2.22. The van der Waals surface area contributed by atoms with Gasteiger partial charge >= 0.3 is 10.4 Å². The second-order valence-corrected chi connectivity index (χ2v) is 22.6. The van der Waals surface area contributed by atoms with Gasteiger partial charge in [-0.15, -0.1) is 14.6 Å². The molecule has 1 aromatic heterocycles. The second kappa shape index (κ2) is 33.8. The van der Waals surface area contributed by atoms with E-state index in [0.29, 0.717) is 39.8 Å². The number of aliphatic hydroxyl groups is 1. The van der Waals surface area contributed by atoms with E-state index in [4.69, 9.17) is 14.1 Å². The van der Waals surface area contributed by atoms with E-state index in [1.807, 2.05) is 36.4 Å². The number of aliphatic hydroxyl groups excluding tert-OH is 1. The number of rotatable bonds is 20. The number of benzene rings is 6. The Labute approximate surface area is 477 Å². The Morgan fingerprint density at radius 2 is 1.21 bits per heavy atom. The molecule has 0 aliphatic heterocycles. The van der Waals surface area contributed by atoms with Gasteiger partial charge in [0.15, 0.2) is 15.6 Å². The first kappa shape index (κ1) is 68.4. The fourth-order valence-corrected chi connectivity index (χ4v) is 9.23. The Kier molecular flexibility index (Phi) is 28.6. The Bertz CT molecular complexity index is 3550. The number of hydrogen-bond acceptors (Lipinski definition) is 23. The lowest BCUT2D eigenvalue weighted by molar-refractivity contribution is -0.432. The summed E-state index contributed by atoms with van der Waals surface area (Å²) in [5.74, 6) is -0.868. The first-order valence-electron chi connectivity index (χ1n) is 25.5. The third-order valence-electron chi connectivity index (χ3n) is 9.75. The lowest BCUT2D eigenvalue weighted by Gasteiger charge is -2.16. The van der Waals surface area contributed by atoms with Crippen molar-refractivity contribution in [3.05, 3.63) is 108 Å². The molecule has 1 heterocycles. The van der Waals surface area contributed by atoms with Crippen molar-refractivity contribution in [3.63, 3.8) is 0 Å². The van der Waals surface area contributed by atoms with E-state index >= 15 is 0 Å². The summed E-state index contributed by atoms with van der Waals surface area (Å²) in [6, 6.07) is 25.2. The standard InChI is InChI=1S/C41H38N10O14S4.4C3H8/c1-23-31-20-36(66-65-64-54)38(51-49-28-8-7-25-5-3-4-6-26(25)19-28)39(53)30(31)13-14-32(23)45-40-43-24(2)44-41(47-40)46-33-21-35(42-15-16-52)37(68(57,58)59)22-34(33)50-48-27-9-11-29(12-10-27)67(55,56)18-17-63-69(60,61)62;4*1-3-2/h3-14,19-22,42,52-54H,15-18H2,1-2H3,(H,57,58,59)(H,60,61,62)(H2,43,44,45,46,47);4*3H2,1-2H3. The fourth-order valence-electron chi connectivity index (χ4n) is 6.59. The first-order chi connectivity index (χ1) is 38.5. The van der Waals surface area contributed by atoms with Crippen molar-refractivity contribution in [2.45, 2.75) is 110 Å². The molecule has 24 nitrogen and oxygen atoms in total. The van der Waals surface area contributed by atoms with Gasteiger partial charge in [-0.3, -0.25) is 9.11 Å². The lowest BCUT2D eigenvalue weighted by Crippen LogP contribution is -2.15. The van der Waals surface area contributed by atoms with Crippen LogP contribution in [0.5, 0.6) is 5.75 Å². The summed E-state index contributed by atoms with van der Waals surface area (Å²) in [6.45, 7) is 19.0. The van der Waals surface area contributed by atoms with Crippen LogP contribution >= 0.6 is 12.0 Å². The van der Waals surface area contributed by atoms with Crippen molar-refractivity contribution < 1.29 is 63.4 Å². The largest absolute Gasteiger partial charge is 0.505 e. The van der Waals surface area contributed by atoms with Gasteiger partial charge in [0.1, 0.15) is 22.1 Å². The van der Waals surface area contributed by atoms with Crippen LogP contribution in [0.3, 0.4) is 0 Å². The Morgan fingerprint density at radius 1 is 0.630 bits per heavy atom. The molecular formula is C53H70N10O14S4. The molecular weight excluding hydrogens is 1130 g/mol. The number of aromatic nitrogens is 3. The van der Waals surface area contributed by atoms with Crippen LogP contribution in [-0.4, -0.2) is 90.3 Å². The van der Waals surface area contributed by atoms with E-state index in [-0.39, 0.29) is 68.2 Å². The highest BCUT2D eigenvalue weighted by atomic mass is 32.3. The van der Waals surface area contributed by atoms with Crippen LogP contribution in [0, 0.1) is 13.8 Å². The maximum absolute atomic E-state index is 12.7. The van der Waals surface area contributed by atoms with Crippen molar-refractivity contribution in [2.75, 3.05) is 41.5 Å². The molecule has 0 amide bonds. The third-order valence-corrected chi connectivity index (χ3v) is 13.4. The first-order valence-corrected chi connectivity index (χ1v) is 30.7. The molecule has 440 valence electrons. The molecule has 0 radical (unpaired) electrons. The summed E-state index contributed by atoms with van der Waals surface area (Å²) in [6.07, 6.45) is 5.00. The summed E-state index contributed by atoms with van der Waals surface area (Å²) < 4.78 is 99.7. The molecule has 81 heavy (non-hydrogen) atoms. The van der Waals surface area contributed by atoms with E-state index in [1.54, 1.807) is 38.1 Å². The van der Waals surface area contributed by atoms with E-state index in [2.05, 4.69) is 116 Å². The van der Waals surface area contributed by atoms with Gasteiger partial charge in [-0.1, -0.05) is 116 Å². The van der Waals surface area contributed by atoms with Gasteiger partial charge in [-0.25, -0.2) is 17.9 Å². The monoisotopic (exact) mass is 1200 g/mol. The number of phenols is 1. The van der Waals surface area contributed by atoms with Gasteiger partial charge in [0.25, 0.3) is 10.1 Å². The highest BCUT2D eigenvalue weighted by molar-refractivity contribution is 7.94. The molecule has 0 saturated carbocycles. The van der Waals surface area contributed by atoms with Gasteiger partial charge in [0, 0.05) is 17.6 Å². The zero-order chi connectivity index (χ0) is 60.3. The molecule has 0 unspecified atom stereocenters. The molecule has 0 saturated heterocycles. The number of aromatic hydroxyl groups is 1. The Hall–Kier alpha value is -6.83. The van der Waals surface area contributed by atoms with Crippen LogP contribution in [0.15, 0.2) is 132 Å². The Balaban J connectivity index is 0.00000132. The molecule has 0 fully saturated rings. The molecule has 0 bridgehead atoms. The van der Waals surface area contributed by atoms with Crippen molar-refractivity contribution in [1.82, 2.24) is 15.0 Å². The third kappa shape index (κ3) is 21.9. The van der Waals surface area contributed by atoms with Gasteiger partial charge < -0.3 is 26.2 Å².